The van der Waals surface area contributed by atoms with Crippen LogP contribution in [0, 0.1) is 0 Å². The van der Waals surface area contributed by atoms with Crippen LogP contribution in [-0.4, -0.2) is 27.6 Å². The lowest BCUT2D eigenvalue weighted by molar-refractivity contribution is -0.137. The topological polar surface area (TPSA) is 69.7 Å². The zero-order chi connectivity index (χ0) is 10.1. The van der Waals surface area contributed by atoms with Crippen LogP contribution in [0.4, 0.5) is 0 Å². The normalized spacial score (nSPS) is 10.9. The van der Waals surface area contributed by atoms with Gasteiger partial charge in [-0.05, 0) is 6.92 Å². The summed E-state index contributed by atoms with van der Waals surface area (Å²) in [6.45, 7) is 1.90. The first kappa shape index (κ1) is 12.1. The van der Waals surface area contributed by atoms with Gasteiger partial charge in [-0.1, -0.05) is 6.08 Å². The Kier molecular flexibility index (Phi) is 7.23. The Labute approximate surface area is 78.5 Å². The summed E-state index contributed by atoms with van der Waals surface area (Å²) in [6.07, 6.45) is 3.22. The zero-order valence-electron chi connectivity index (χ0n) is 7.26. The standard InChI is InChI=1S/C7H12O5S/c1-2-4-7(8)11-5-3-6-12-13(9)10/h2,4,13H,3,5-6H2,1H3. The molecule has 0 unspecified atom stereocenters. The third kappa shape index (κ3) is 9.03. The van der Waals surface area contributed by atoms with Crippen molar-refractivity contribution in [3.63, 3.8) is 0 Å². The minimum atomic E-state index is -2.79. The summed E-state index contributed by atoms with van der Waals surface area (Å²) < 4.78 is 28.7. The van der Waals surface area contributed by atoms with E-state index in [0.29, 0.717) is 6.42 Å². The fourth-order valence-electron chi connectivity index (χ4n) is 0.555. The molecule has 0 bridgehead atoms. The number of carbonyl (C=O) groups is 1. The molecule has 0 radical (unpaired) electrons. The summed E-state index contributed by atoms with van der Waals surface area (Å²) in [6, 6.07) is 0. The highest BCUT2D eigenvalue weighted by Crippen LogP contribution is 1.87. The Hall–Kier alpha value is -0.880. The van der Waals surface area contributed by atoms with Crippen molar-refractivity contribution in [1.29, 1.82) is 0 Å². The predicted octanol–water partition coefficient (Wildman–Crippen LogP) is 0.0388. The molecule has 0 aromatic carbocycles. The van der Waals surface area contributed by atoms with E-state index in [1.54, 1.807) is 13.0 Å². The molecule has 6 heteroatoms. The van der Waals surface area contributed by atoms with E-state index in [2.05, 4.69) is 8.92 Å². The fraction of sp³-hybridized carbons (Fsp3) is 0.571. The lowest BCUT2D eigenvalue weighted by Gasteiger charge is -1.99. The van der Waals surface area contributed by atoms with Gasteiger partial charge in [0.25, 0.3) is 11.0 Å². The van der Waals surface area contributed by atoms with Crippen molar-refractivity contribution in [2.75, 3.05) is 13.2 Å². The average Bonchev–Trinajstić information content (AvgIpc) is 2.03. The number of allylic oxidation sites excluding steroid dienone is 1. The maximum atomic E-state index is 10.7. The number of hydrogen-bond donors (Lipinski definition) is 1. The molecule has 0 aliphatic rings. The number of rotatable bonds is 6. The number of thiol groups is 1. The lowest BCUT2D eigenvalue weighted by Crippen LogP contribution is -2.04. The molecule has 0 amide bonds. The Morgan fingerprint density at radius 3 is 2.62 bits per heavy atom. The molecule has 0 atom stereocenters. The van der Waals surface area contributed by atoms with Crippen molar-refractivity contribution in [1.82, 2.24) is 0 Å². The summed E-state index contributed by atoms with van der Waals surface area (Å²) in [5, 5.41) is 0. The van der Waals surface area contributed by atoms with Gasteiger partial charge in [-0.15, -0.1) is 0 Å². The van der Waals surface area contributed by atoms with Gasteiger partial charge in [-0.3, -0.25) is 4.18 Å². The third-order valence-corrected chi connectivity index (χ3v) is 1.43. The van der Waals surface area contributed by atoms with Crippen LogP contribution >= 0.6 is 0 Å². The van der Waals surface area contributed by atoms with Gasteiger partial charge >= 0.3 is 5.97 Å². The molecular formula is C7H12O5S. The Bertz CT molecular complexity index is 235. The van der Waals surface area contributed by atoms with Gasteiger partial charge in [0.1, 0.15) is 0 Å². The quantitative estimate of drug-likeness (QED) is 0.289. The van der Waals surface area contributed by atoms with Gasteiger partial charge in [-0.25, -0.2) is 13.2 Å². The van der Waals surface area contributed by atoms with Crippen molar-refractivity contribution in [3.8, 4) is 0 Å². The molecular weight excluding hydrogens is 196 g/mol. The van der Waals surface area contributed by atoms with Gasteiger partial charge in [0.2, 0.25) is 0 Å². The van der Waals surface area contributed by atoms with Crippen LogP contribution in [0.5, 0.6) is 0 Å². The van der Waals surface area contributed by atoms with Gasteiger partial charge in [0.15, 0.2) is 0 Å². The molecule has 13 heavy (non-hydrogen) atoms. The lowest BCUT2D eigenvalue weighted by atomic mass is 10.5. The van der Waals surface area contributed by atoms with Crippen molar-refractivity contribution in [3.05, 3.63) is 12.2 Å². The van der Waals surface area contributed by atoms with Gasteiger partial charge in [0.05, 0.1) is 13.2 Å². The highest BCUT2D eigenvalue weighted by atomic mass is 32.2. The molecule has 0 saturated heterocycles. The zero-order valence-corrected chi connectivity index (χ0v) is 8.16. The molecule has 0 N–H and O–H groups in total. The fourth-order valence-corrected chi connectivity index (χ4v) is 0.833. The first-order valence-corrected chi connectivity index (χ1v) is 4.83. The number of carbonyl (C=O) groups excluding carboxylic acids is 1. The van der Waals surface area contributed by atoms with E-state index in [0.717, 1.165) is 0 Å². The van der Waals surface area contributed by atoms with Crippen LogP contribution < -0.4 is 0 Å². The van der Waals surface area contributed by atoms with Gasteiger partial charge < -0.3 is 4.74 Å². The minimum absolute atomic E-state index is 0.0435. The van der Waals surface area contributed by atoms with E-state index in [4.69, 9.17) is 0 Å². The minimum Gasteiger partial charge on any atom is -0.462 e. The molecule has 0 fully saturated rings. The Morgan fingerprint density at radius 2 is 2.08 bits per heavy atom. The molecule has 5 nitrogen and oxygen atoms in total. The molecule has 0 aromatic rings. The van der Waals surface area contributed by atoms with Crippen LogP contribution in [0.15, 0.2) is 12.2 Å². The highest BCUT2D eigenvalue weighted by Gasteiger charge is 1.95. The second kappa shape index (κ2) is 7.75. The molecule has 0 rings (SSSR count). The second-order valence-corrected chi connectivity index (χ2v) is 2.78. The summed E-state index contributed by atoms with van der Waals surface area (Å²) in [4.78, 5) is 10.7. The first-order chi connectivity index (χ1) is 6.16. The molecule has 0 saturated carbocycles. The molecule has 0 aliphatic carbocycles. The maximum absolute atomic E-state index is 10.7. The largest absolute Gasteiger partial charge is 0.462 e. The Balaban J connectivity index is 3.30. The van der Waals surface area contributed by atoms with Crippen LogP contribution in [-0.2, 0) is 24.7 Å². The Morgan fingerprint density at radius 1 is 1.38 bits per heavy atom. The molecule has 76 valence electrons. The molecule has 0 heterocycles. The van der Waals surface area contributed by atoms with Crippen LogP contribution in [0.1, 0.15) is 13.3 Å². The molecule has 0 aromatic heterocycles. The monoisotopic (exact) mass is 208 g/mol. The van der Waals surface area contributed by atoms with Gasteiger partial charge in [-0.2, -0.15) is 0 Å². The van der Waals surface area contributed by atoms with Crippen molar-refractivity contribution in [2.45, 2.75) is 13.3 Å². The van der Waals surface area contributed by atoms with Crippen LogP contribution in [0.2, 0.25) is 0 Å². The van der Waals surface area contributed by atoms with Crippen LogP contribution in [0.3, 0.4) is 0 Å². The van der Waals surface area contributed by atoms with Gasteiger partial charge in [0, 0.05) is 12.5 Å². The van der Waals surface area contributed by atoms with E-state index in [-0.39, 0.29) is 13.2 Å². The second-order valence-electron chi connectivity index (χ2n) is 2.08. The SMILES string of the molecule is CC=CC(=O)OCCCO[SH](=O)=O. The van der Waals surface area contributed by atoms with Crippen molar-refractivity contribution >= 4 is 17.0 Å². The number of hydrogen-bond acceptors (Lipinski definition) is 5. The average molecular weight is 208 g/mol. The number of esters is 1. The van der Waals surface area contributed by atoms with E-state index in [1.807, 2.05) is 0 Å². The first-order valence-electron chi connectivity index (χ1n) is 3.73. The van der Waals surface area contributed by atoms with E-state index in [9.17, 15) is 13.2 Å². The summed E-state index contributed by atoms with van der Waals surface area (Å²) in [5.74, 6) is -0.436. The molecule has 0 spiro atoms. The van der Waals surface area contributed by atoms with E-state index >= 15 is 0 Å². The molecule has 0 aliphatic heterocycles. The maximum Gasteiger partial charge on any atom is 0.330 e. The predicted molar refractivity (Wildman–Crippen MR) is 46.7 cm³/mol. The number of ether oxygens (including phenoxy) is 1. The van der Waals surface area contributed by atoms with Crippen LogP contribution in [0.25, 0.3) is 0 Å². The van der Waals surface area contributed by atoms with Crippen molar-refractivity contribution in [2.24, 2.45) is 0 Å². The smallest absolute Gasteiger partial charge is 0.330 e. The van der Waals surface area contributed by atoms with E-state index < -0.39 is 17.0 Å². The highest BCUT2D eigenvalue weighted by molar-refractivity contribution is 7.67. The summed E-state index contributed by atoms with van der Waals surface area (Å²) in [7, 11) is -2.79. The summed E-state index contributed by atoms with van der Waals surface area (Å²) >= 11 is 0. The third-order valence-electron chi connectivity index (χ3n) is 1.03. The van der Waals surface area contributed by atoms with Crippen molar-refractivity contribution < 1.29 is 22.1 Å². The summed E-state index contributed by atoms with van der Waals surface area (Å²) in [5.41, 5.74) is 0. The van der Waals surface area contributed by atoms with E-state index in [1.165, 1.54) is 6.08 Å².